The predicted octanol–water partition coefficient (Wildman–Crippen LogP) is 4.22. The second-order valence-electron chi connectivity index (χ2n) is 11.0. The third-order valence-corrected chi connectivity index (χ3v) is 9.77. The van der Waals surface area contributed by atoms with Crippen LogP contribution in [-0.2, 0) is 37.3 Å². The molecule has 10 nitrogen and oxygen atoms in total. The lowest BCUT2D eigenvalue weighted by Crippen LogP contribution is -2.45. The van der Waals surface area contributed by atoms with Crippen molar-refractivity contribution in [3.63, 3.8) is 0 Å². The van der Waals surface area contributed by atoms with E-state index in [9.17, 15) is 18.0 Å². The molecule has 4 aromatic rings. The number of rotatable bonds is 14. The minimum Gasteiger partial charge on any atom is -0.497 e. The summed E-state index contributed by atoms with van der Waals surface area (Å²) in [5.74, 6) is 0.372. The smallest absolute Gasteiger partial charge is 0.261 e. The number of amides is 2. The molecule has 1 fully saturated rings. The van der Waals surface area contributed by atoms with Gasteiger partial charge < -0.3 is 24.4 Å². The predicted molar refractivity (Wildman–Crippen MR) is 177 cm³/mol. The molecule has 0 spiro atoms. The lowest BCUT2D eigenvalue weighted by atomic mass is 10.0. The Kier molecular flexibility index (Phi) is 11.6. The molecule has 246 valence electrons. The van der Waals surface area contributed by atoms with Crippen LogP contribution in [0.15, 0.2) is 114 Å². The highest BCUT2D eigenvalue weighted by atomic mass is 32.2. The minimum absolute atomic E-state index is 0.138. The lowest BCUT2D eigenvalue weighted by Gasteiger charge is -2.31. The summed E-state index contributed by atoms with van der Waals surface area (Å²) in [4.78, 5) is 29.5. The SMILES string of the molecule is COc1ccc(CCNC(=O)[C@H](c2ccccc2)N(Cc2ccccc2)C(=O)COc2ccc(S(=O)(=O)N3CCOCC3)cc2)cc1. The van der Waals surface area contributed by atoms with Crippen molar-refractivity contribution in [3.05, 3.63) is 126 Å². The van der Waals surface area contributed by atoms with Crippen LogP contribution in [-0.4, -0.2) is 76.0 Å². The Labute approximate surface area is 275 Å². The van der Waals surface area contributed by atoms with Crippen LogP contribution in [0, 0.1) is 0 Å². The van der Waals surface area contributed by atoms with Crippen molar-refractivity contribution in [1.29, 1.82) is 0 Å². The number of morpholine rings is 1. The van der Waals surface area contributed by atoms with E-state index in [0.29, 0.717) is 50.6 Å². The number of carbonyl (C=O) groups excluding carboxylic acids is 2. The van der Waals surface area contributed by atoms with Crippen molar-refractivity contribution in [2.24, 2.45) is 0 Å². The van der Waals surface area contributed by atoms with Crippen molar-refractivity contribution in [1.82, 2.24) is 14.5 Å². The number of hydrogen-bond acceptors (Lipinski definition) is 7. The van der Waals surface area contributed by atoms with Gasteiger partial charge in [0, 0.05) is 26.2 Å². The number of benzene rings is 4. The summed E-state index contributed by atoms with van der Waals surface area (Å²) in [5, 5.41) is 3.03. The molecule has 1 atom stereocenters. The molecule has 1 aliphatic rings. The Morgan fingerprint density at radius 2 is 1.45 bits per heavy atom. The van der Waals surface area contributed by atoms with Gasteiger partial charge in [-0.2, -0.15) is 4.31 Å². The highest BCUT2D eigenvalue weighted by Gasteiger charge is 2.32. The van der Waals surface area contributed by atoms with Gasteiger partial charge in [-0.1, -0.05) is 72.8 Å². The topological polar surface area (TPSA) is 114 Å². The first-order chi connectivity index (χ1) is 22.8. The van der Waals surface area contributed by atoms with E-state index >= 15 is 0 Å². The summed E-state index contributed by atoms with van der Waals surface area (Å²) in [6.45, 7) is 1.49. The zero-order chi connectivity index (χ0) is 33.1. The van der Waals surface area contributed by atoms with Gasteiger partial charge >= 0.3 is 0 Å². The molecule has 1 heterocycles. The van der Waals surface area contributed by atoms with Gasteiger partial charge in [-0.3, -0.25) is 9.59 Å². The summed E-state index contributed by atoms with van der Waals surface area (Å²) in [7, 11) is -2.05. The van der Waals surface area contributed by atoms with E-state index in [1.807, 2.05) is 84.9 Å². The summed E-state index contributed by atoms with van der Waals surface area (Å²) >= 11 is 0. The Balaban J connectivity index is 1.32. The van der Waals surface area contributed by atoms with Crippen molar-refractivity contribution in [2.45, 2.75) is 23.9 Å². The van der Waals surface area contributed by atoms with E-state index in [0.717, 1.165) is 16.9 Å². The highest BCUT2D eigenvalue weighted by molar-refractivity contribution is 7.89. The third kappa shape index (κ3) is 8.97. The molecule has 4 aromatic carbocycles. The molecule has 0 saturated carbocycles. The van der Waals surface area contributed by atoms with Gasteiger partial charge in [-0.15, -0.1) is 0 Å². The normalized spacial score (nSPS) is 14.1. The number of nitrogens with one attached hydrogen (secondary N) is 1. The Morgan fingerprint density at radius 1 is 0.830 bits per heavy atom. The maximum atomic E-state index is 13.9. The first kappa shape index (κ1) is 33.6. The van der Waals surface area contributed by atoms with Crippen LogP contribution >= 0.6 is 0 Å². The molecule has 2 amide bonds. The molecule has 1 saturated heterocycles. The average Bonchev–Trinajstić information content (AvgIpc) is 3.12. The lowest BCUT2D eigenvalue weighted by molar-refractivity contribution is -0.143. The maximum Gasteiger partial charge on any atom is 0.261 e. The summed E-state index contributed by atoms with van der Waals surface area (Å²) < 4.78 is 43.8. The summed E-state index contributed by atoms with van der Waals surface area (Å²) in [6.07, 6.45) is 0.601. The average molecular weight is 658 g/mol. The van der Waals surface area contributed by atoms with Crippen LogP contribution in [0.2, 0.25) is 0 Å². The molecule has 0 aliphatic carbocycles. The third-order valence-electron chi connectivity index (χ3n) is 7.86. The quantitative estimate of drug-likeness (QED) is 0.216. The van der Waals surface area contributed by atoms with Gasteiger partial charge in [-0.05, 0) is 59.5 Å². The van der Waals surface area contributed by atoms with E-state index < -0.39 is 22.0 Å². The number of hydrogen-bond donors (Lipinski definition) is 1. The van der Waals surface area contributed by atoms with Crippen LogP contribution < -0.4 is 14.8 Å². The molecule has 1 aliphatic heterocycles. The maximum absolute atomic E-state index is 13.9. The second kappa shape index (κ2) is 16.2. The number of methoxy groups -OCH3 is 1. The Hall–Kier alpha value is -4.71. The van der Waals surface area contributed by atoms with Crippen LogP contribution in [0.1, 0.15) is 22.7 Å². The van der Waals surface area contributed by atoms with Gasteiger partial charge in [0.05, 0.1) is 25.2 Å². The zero-order valence-electron chi connectivity index (χ0n) is 26.3. The van der Waals surface area contributed by atoms with Gasteiger partial charge in [0.2, 0.25) is 15.9 Å². The number of ether oxygens (including phenoxy) is 3. The van der Waals surface area contributed by atoms with Gasteiger partial charge in [0.25, 0.3) is 5.91 Å². The number of sulfonamides is 1. The van der Waals surface area contributed by atoms with Gasteiger partial charge in [-0.25, -0.2) is 8.42 Å². The highest BCUT2D eigenvalue weighted by Crippen LogP contribution is 2.25. The van der Waals surface area contributed by atoms with Crippen molar-refractivity contribution < 1.29 is 32.2 Å². The van der Waals surface area contributed by atoms with Crippen molar-refractivity contribution in [3.8, 4) is 11.5 Å². The number of carbonyl (C=O) groups is 2. The molecule has 11 heteroatoms. The molecular weight excluding hydrogens is 618 g/mol. The summed E-state index contributed by atoms with van der Waals surface area (Å²) in [5.41, 5.74) is 2.55. The van der Waals surface area contributed by atoms with Gasteiger partial charge in [0.1, 0.15) is 17.5 Å². The van der Waals surface area contributed by atoms with Crippen molar-refractivity contribution >= 4 is 21.8 Å². The molecule has 5 rings (SSSR count). The van der Waals surface area contributed by atoms with E-state index in [2.05, 4.69) is 5.32 Å². The summed E-state index contributed by atoms with van der Waals surface area (Å²) in [6, 6.07) is 31.4. The van der Waals surface area contributed by atoms with E-state index in [4.69, 9.17) is 14.2 Å². The fraction of sp³-hybridized carbons (Fsp3) is 0.278. The van der Waals surface area contributed by atoms with Crippen LogP contribution in [0.5, 0.6) is 11.5 Å². The fourth-order valence-corrected chi connectivity index (χ4v) is 6.71. The first-order valence-corrected chi connectivity index (χ1v) is 16.9. The second-order valence-corrected chi connectivity index (χ2v) is 12.9. The van der Waals surface area contributed by atoms with Crippen LogP contribution in [0.25, 0.3) is 0 Å². The minimum atomic E-state index is -3.67. The molecule has 0 aromatic heterocycles. The molecule has 47 heavy (non-hydrogen) atoms. The molecule has 0 bridgehead atoms. The Bertz CT molecular complexity index is 1700. The molecular formula is C36H39N3O7S. The number of nitrogens with zero attached hydrogens (tertiary/aromatic N) is 2. The van der Waals surface area contributed by atoms with E-state index in [1.54, 1.807) is 7.11 Å². The van der Waals surface area contributed by atoms with E-state index in [1.165, 1.54) is 33.5 Å². The van der Waals surface area contributed by atoms with Crippen LogP contribution in [0.3, 0.4) is 0 Å². The molecule has 0 unspecified atom stereocenters. The standard InChI is InChI=1S/C36H39N3O7S/c1-44-31-14-12-28(13-15-31)20-21-37-36(41)35(30-10-6-3-7-11-30)39(26-29-8-4-2-5-9-29)34(40)27-46-32-16-18-33(19-17-32)47(42,43)38-22-24-45-25-23-38/h2-19,35H,20-27H2,1H3,(H,37,41)/t35-/m0/s1. The monoisotopic (exact) mass is 657 g/mol. The van der Waals surface area contributed by atoms with Crippen LogP contribution in [0.4, 0.5) is 0 Å². The Morgan fingerprint density at radius 3 is 2.09 bits per heavy atom. The first-order valence-electron chi connectivity index (χ1n) is 15.4. The van der Waals surface area contributed by atoms with Crippen molar-refractivity contribution in [2.75, 3.05) is 46.6 Å². The zero-order valence-corrected chi connectivity index (χ0v) is 27.1. The van der Waals surface area contributed by atoms with E-state index in [-0.39, 0.29) is 24.0 Å². The van der Waals surface area contributed by atoms with Gasteiger partial charge in [0.15, 0.2) is 6.61 Å². The molecule has 1 N–H and O–H groups in total. The molecule has 0 radical (unpaired) electrons. The largest absolute Gasteiger partial charge is 0.497 e. The fourth-order valence-electron chi connectivity index (χ4n) is 5.30.